The number of thiophene rings is 1. The summed E-state index contributed by atoms with van der Waals surface area (Å²) < 4.78 is 7.08. The van der Waals surface area contributed by atoms with Crippen LogP contribution >= 0.6 is 11.3 Å². The SMILES string of the molecule is CO[C@@H]1CCC[C@H](C(=O)N2CCC(Cn3nc(-c4cccs4)ccc3=O)CC2)C1. The number of rotatable bonds is 5. The summed E-state index contributed by atoms with van der Waals surface area (Å²) >= 11 is 1.62. The number of hydrogen-bond donors (Lipinski definition) is 0. The molecule has 2 atom stereocenters. The van der Waals surface area contributed by atoms with Crippen LogP contribution in [0, 0.1) is 11.8 Å². The van der Waals surface area contributed by atoms with Crippen LogP contribution in [-0.2, 0) is 16.1 Å². The van der Waals surface area contributed by atoms with Crippen molar-refractivity contribution in [1.29, 1.82) is 0 Å². The first kappa shape index (κ1) is 20.3. The molecule has 0 radical (unpaired) electrons. The molecule has 1 aliphatic carbocycles. The number of likely N-dealkylation sites (tertiary alicyclic amines) is 1. The molecule has 0 N–H and O–H groups in total. The number of ether oxygens (including phenoxy) is 1. The third kappa shape index (κ3) is 4.78. The van der Waals surface area contributed by atoms with Crippen LogP contribution in [0.4, 0.5) is 0 Å². The summed E-state index contributed by atoms with van der Waals surface area (Å²) in [6, 6.07) is 7.41. The molecule has 4 rings (SSSR count). The minimum Gasteiger partial charge on any atom is -0.381 e. The third-order valence-corrected chi connectivity index (χ3v) is 7.20. The largest absolute Gasteiger partial charge is 0.381 e. The van der Waals surface area contributed by atoms with Crippen molar-refractivity contribution in [2.45, 2.75) is 51.2 Å². The zero-order chi connectivity index (χ0) is 20.2. The molecule has 0 spiro atoms. The van der Waals surface area contributed by atoms with E-state index in [1.54, 1.807) is 35.3 Å². The Hall–Kier alpha value is -1.99. The number of methoxy groups -OCH3 is 1. The molecule has 0 bridgehead atoms. The van der Waals surface area contributed by atoms with Crippen molar-refractivity contribution in [1.82, 2.24) is 14.7 Å². The molecule has 7 heteroatoms. The molecule has 1 saturated heterocycles. The number of piperidine rings is 1. The van der Waals surface area contributed by atoms with E-state index in [1.165, 1.54) is 0 Å². The number of amides is 1. The molecule has 2 aromatic rings. The molecule has 29 heavy (non-hydrogen) atoms. The van der Waals surface area contributed by atoms with E-state index in [2.05, 4.69) is 5.10 Å². The lowest BCUT2D eigenvalue weighted by Crippen LogP contribution is -2.44. The van der Waals surface area contributed by atoms with E-state index in [-0.39, 0.29) is 17.6 Å². The summed E-state index contributed by atoms with van der Waals surface area (Å²) in [4.78, 5) is 28.3. The summed E-state index contributed by atoms with van der Waals surface area (Å²) in [6.07, 6.45) is 6.03. The van der Waals surface area contributed by atoms with Crippen LogP contribution in [0.5, 0.6) is 0 Å². The molecule has 2 aliphatic rings. The van der Waals surface area contributed by atoms with Gasteiger partial charge in [-0.1, -0.05) is 12.5 Å². The summed E-state index contributed by atoms with van der Waals surface area (Å²) in [5.74, 6) is 0.776. The highest BCUT2D eigenvalue weighted by Crippen LogP contribution is 2.29. The normalized spacial score (nSPS) is 23.3. The predicted octanol–water partition coefficient (Wildman–Crippen LogP) is 3.42. The van der Waals surface area contributed by atoms with E-state index in [0.717, 1.165) is 62.2 Å². The van der Waals surface area contributed by atoms with Crippen LogP contribution in [0.15, 0.2) is 34.4 Å². The van der Waals surface area contributed by atoms with Gasteiger partial charge in [-0.2, -0.15) is 5.10 Å². The smallest absolute Gasteiger partial charge is 0.266 e. The maximum Gasteiger partial charge on any atom is 0.266 e. The lowest BCUT2D eigenvalue weighted by molar-refractivity contribution is -0.139. The van der Waals surface area contributed by atoms with Gasteiger partial charge in [-0.25, -0.2) is 4.68 Å². The molecule has 6 nitrogen and oxygen atoms in total. The van der Waals surface area contributed by atoms with E-state index >= 15 is 0 Å². The van der Waals surface area contributed by atoms with Gasteiger partial charge in [0.2, 0.25) is 5.91 Å². The molecule has 2 fully saturated rings. The van der Waals surface area contributed by atoms with Gasteiger partial charge in [-0.05, 0) is 55.5 Å². The Morgan fingerprint density at radius 3 is 2.76 bits per heavy atom. The topological polar surface area (TPSA) is 64.4 Å². The predicted molar refractivity (Wildman–Crippen MR) is 114 cm³/mol. The zero-order valence-corrected chi connectivity index (χ0v) is 17.8. The van der Waals surface area contributed by atoms with E-state index < -0.39 is 0 Å². The molecule has 156 valence electrons. The Kier molecular flexibility index (Phi) is 6.45. The van der Waals surface area contributed by atoms with Gasteiger partial charge in [-0.15, -0.1) is 11.3 Å². The highest BCUT2D eigenvalue weighted by atomic mass is 32.1. The van der Waals surface area contributed by atoms with Crippen molar-refractivity contribution in [3.8, 4) is 10.6 Å². The average Bonchev–Trinajstić information content (AvgIpc) is 3.30. The molecule has 1 amide bonds. The molecular weight excluding hydrogens is 386 g/mol. The molecule has 2 aromatic heterocycles. The Morgan fingerprint density at radius 1 is 1.21 bits per heavy atom. The first-order valence-corrected chi connectivity index (χ1v) is 11.5. The van der Waals surface area contributed by atoms with Crippen molar-refractivity contribution >= 4 is 17.2 Å². The fourth-order valence-corrected chi connectivity index (χ4v) is 5.25. The van der Waals surface area contributed by atoms with Crippen LogP contribution in [0.1, 0.15) is 38.5 Å². The lowest BCUT2D eigenvalue weighted by Gasteiger charge is -2.36. The minimum atomic E-state index is -0.0587. The van der Waals surface area contributed by atoms with Crippen molar-refractivity contribution in [3.63, 3.8) is 0 Å². The Bertz CT molecular complexity index is 872. The van der Waals surface area contributed by atoms with E-state index in [0.29, 0.717) is 18.4 Å². The molecule has 1 aliphatic heterocycles. The molecule has 0 unspecified atom stereocenters. The fourth-order valence-electron chi connectivity index (χ4n) is 4.56. The van der Waals surface area contributed by atoms with Gasteiger partial charge >= 0.3 is 0 Å². The van der Waals surface area contributed by atoms with Gasteiger partial charge in [-0.3, -0.25) is 9.59 Å². The van der Waals surface area contributed by atoms with E-state index in [4.69, 9.17) is 4.74 Å². The standard InChI is InChI=1S/C22H29N3O3S/c1-28-18-5-2-4-17(14-18)22(27)24-11-9-16(10-12-24)15-25-21(26)8-7-19(23-25)20-6-3-13-29-20/h3,6-8,13,16-18H,2,4-5,9-12,14-15H2,1H3/t17-,18+/m0/s1. The summed E-state index contributed by atoms with van der Waals surface area (Å²) in [6.45, 7) is 2.17. The second-order valence-corrected chi connectivity index (χ2v) is 9.15. The molecule has 0 aromatic carbocycles. The average molecular weight is 416 g/mol. The second kappa shape index (κ2) is 9.22. The third-order valence-electron chi connectivity index (χ3n) is 6.31. The monoisotopic (exact) mass is 415 g/mol. The summed E-state index contributed by atoms with van der Waals surface area (Å²) in [7, 11) is 1.74. The minimum absolute atomic E-state index is 0.0587. The van der Waals surface area contributed by atoms with Gasteiger partial charge in [0.05, 0.1) is 11.0 Å². The lowest BCUT2D eigenvalue weighted by atomic mass is 9.85. The first-order chi connectivity index (χ1) is 14.1. The number of carbonyl (C=O) groups excluding carboxylic acids is 1. The Morgan fingerprint density at radius 2 is 2.03 bits per heavy atom. The highest BCUT2D eigenvalue weighted by Gasteiger charge is 2.32. The fraction of sp³-hybridized carbons (Fsp3) is 0.591. The highest BCUT2D eigenvalue weighted by molar-refractivity contribution is 7.13. The maximum absolute atomic E-state index is 12.9. The van der Waals surface area contributed by atoms with Crippen LogP contribution in [0.2, 0.25) is 0 Å². The van der Waals surface area contributed by atoms with Crippen molar-refractivity contribution in [2.24, 2.45) is 11.8 Å². The summed E-state index contributed by atoms with van der Waals surface area (Å²) in [5.41, 5.74) is 0.786. The van der Waals surface area contributed by atoms with Gasteiger partial charge in [0.1, 0.15) is 5.69 Å². The van der Waals surface area contributed by atoms with E-state index in [1.807, 2.05) is 22.4 Å². The Balaban J connectivity index is 1.34. The van der Waals surface area contributed by atoms with Gasteiger partial charge < -0.3 is 9.64 Å². The first-order valence-electron chi connectivity index (χ1n) is 10.6. The second-order valence-electron chi connectivity index (χ2n) is 8.21. The molecule has 3 heterocycles. The van der Waals surface area contributed by atoms with E-state index in [9.17, 15) is 9.59 Å². The zero-order valence-electron chi connectivity index (χ0n) is 17.0. The number of hydrogen-bond acceptors (Lipinski definition) is 5. The maximum atomic E-state index is 12.9. The Labute approximate surface area is 175 Å². The van der Waals surface area contributed by atoms with Crippen LogP contribution in [-0.4, -0.2) is 46.9 Å². The van der Waals surface area contributed by atoms with Crippen LogP contribution < -0.4 is 5.56 Å². The van der Waals surface area contributed by atoms with Crippen LogP contribution in [0.25, 0.3) is 10.6 Å². The van der Waals surface area contributed by atoms with Crippen molar-refractivity contribution < 1.29 is 9.53 Å². The molecular formula is C22H29N3O3S. The van der Waals surface area contributed by atoms with Gasteiger partial charge in [0.25, 0.3) is 5.56 Å². The number of aromatic nitrogens is 2. The van der Waals surface area contributed by atoms with Crippen molar-refractivity contribution in [2.75, 3.05) is 20.2 Å². The number of carbonyl (C=O) groups is 1. The molecule has 1 saturated carbocycles. The quantitative estimate of drug-likeness (QED) is 0.751. The number of nitrogens with zero attached hydrogens (tertiary/aromatic N) is 3. The van der Waals surface area contributed by atoms with Gasteiger partial charge in [0, 0.05) is 38.7 Å². The van der Waals surface area contributed by atoms with Crippen molar-refractivity contribution in [3.05, 3.63) is 40.0 Å². The summed E-state index contributed by atoms with van der Waals surface area (Å²) in [5, 5.41) is 6.59. The van der Waals surface area contributed by atoms with Gasteiger partial charge in [0.15, 0.2) is 0 Å². The van der Waals surface area contributed by atoms with Crippen LogP contribution in [0.3, 0.4) is 0 Å².